The number of ether oxygens (including phenoxy) is 1. The van der Waals surface area contributed by atoms with Gasteiger partial charge in [0.25, 0.3) is 11.9 Å². The Bertz CT molecular complexity index is 639. The van der Waals surface area contributed by atoms with Crippen LogP contribution >= 0.6 is 0 Å². The van der Waals surface area contributed by atoms with Crippen molar-refractivity contribution in [2.75, 3.05) is 0 Å². The van der Waals surface area contributed by atoms with Crippen molar-refractivity contribution in [1.82, 2.24) is 4.98 Å². The molecule has 6 heteroatoms. The van der Waals surface area contributed by atoms with Crippen LogP contribution in [0.15, 0.2) is 59.9 Å². The van der Waals surface area contributed by atoms with Crippen LogP contribution in [0.5, 0.6) is 0 Å². The number of hydrogen-bond acceptors (Lipinski definition) is 4. The number of aliphatic imine (C=N–C) groups is 1. The van der Waals surface area contributed by atoms with Gasteiger partial charge in [-0.3, -0.25) is 9.78 Å². The Kier molecular flexibility index (Phi) is 4.18. The zero-order chi connectivity index (χ0) is 14.4. The van der Waals surface area contributed by atoms with Gasteiger partial charge in [0.1, 0.15) is 0 Å². The lowest BCUT2D eigenvalue weighted by molar-refractivity contribution is 0.0712. The lowest BCUT2D eigenvalue weighted by Gasteiger charge is -2.02. The Morgan fingerprint density at radius 2 is 1.75 bits per heavy atom. The highest BCUT2D eigenvalue weighted by Crippen LogP contribution is 2.02. The summed E-state index contributed by atoms with van der Waals surface area (Å²) in [4.78, 5) is 30.6. The summed E-state index contributed by atoms with van der Waals surface area (Å²) < 4.78 is 4.76. The van der Waals surface area contributed by atoms with Gasteiger partial charge in [-0.1, -0.05) is 18.2 Å². The van der Waals surface area contributed by atoms with Crippen LogP contribution in [0.25, 0.3) is 0 Å². The minimum Gasteiger partial charge on any atom is -0.389 e. The lowest BCUT2D eigenvalue weighted by atomic mass is 10.2. The van der Waals surface area contributed by atoms with Crippen LogP contribution in [0.1, 0.15) is 20.7 Å². The molecule has 0 spiro atoms. The number of carbonyl (C=O) groups excluding carboxylic acids is 2. The number of aromatic nitrogens is 1. The quantitative estimate of drug-likeness (QED) is 0.505. The Balaban J connectivity index is 2.05. The maximum Gasteiger partial charge on any atom is 0.347 e. The van der Waals surface area contributed by atoms with E-state index in [9.17, 15) is 9.59 Å². The molecule has 0 aliphatic rings. The average Bonchev–Trinajstić information content (AvgIpc) is 2.49. The van der Waals surface area contributed by atoms with Gasteiger partial charge < -0.3 is 10.5 Å². The van der Waals surface area contributed by atoms with E-state index in [1.807, 2.05) is 0 Å². The highest BCUT2D eigenvalue weighted by atomic mass is 16.6. The van der Waals surface area contributed by atoms with Crippen molar-refractivity contribution in [1.29, 1.82) is 0 Å². The summed E-state index contributed by atoms with van der Waals surface area (Å²) in [5.74, 6) is -1.30. The number of carbonyl (C=O) groups is 2. The largest absolute Gasteiger partial charge is 0.389 e. The third-order valence-electron chi connectivity index (χ3n) is 2.33. The molecule has 1 aromatic carbocycles. The van der Waals surface area contributed by atoms with Crippen molar-refractivity contribution in [2.45, 2.75) is 0 Å². The van der Waals surface area contributed by atoms with Crippen molar-refractivity contribution in [3.8, 4) is 0 Å². The smallest absolute Gasteiger partial charge is 0.347 e. The van der Waals surface area contributed by atoms with Gasteiger partial charge in [-0.25, -0.2) is 4.79 Å². The van der Waals surface area contributed by atoms with E-state index in [0.717, 1.165) is 0 Å². The van der Waals surface area contributed by atoms with Gasteiger partial charge in [-0.05, 0) is 24.3 Å². The minimum atomic E-state index is -0.722. The van der Waals surface area contributed by atoms with Gasteiger partial charge in [-0.2, -0.15) is 4.99 Å². The second-order valence-electron chi connectivity index (χ2n) is 3.75. The fraction of sp³-hybridized carbons (Fsp3) is 0. The first-order chi connectivity index (χ1) is 9.66. The second-order valence-corrected chi connectivity index (χ2v) is 3.75. The van der Waals surface area contributed by atoms with Crippen LogP contribution in [0.3, 0.4) is 0 Å². The molecule has 0 bridgehead atoms. The molecule has 0 aliphatic carbocycles. The van der Waals surface area contributed by atoms with Crippen LogP contribution in [-0.2, 0) is 4.74 Å². The molecule has 0 aliphatic heterocycles. The summed E-state index contributed by atoms with van der Waals surface area (Å²) in [7, 11) is 0. The summed E-state index contributed by atoms with van der Waals surface area (Å²) in [5, 5.41) is 0. The van der Waals surface area contributed by atoms with E-state index in [1.54, 1.807) is 36.4 Å². The first-order valence-corrected chi connectivity index (χ1v) is 5.72. The fourth-order valence-corrected chi connectivity index (χ4v) is 1.41. The Labute approximate surface area is 114 Å². The molecule has 2 N–H and O–H groups in total. The molecule has 1 heterocycles. The van der Waals surface area contributed by atoms with Crippen molar-refractivity contribution in [3.05, 3.63) is 66.0 Å². The van der Waals surface area contributed by atoms with E-state index in [2.05, 4.69) is 9.98 Å². The van der Waals surface area contributed by atoms with E-state index >= 15 is 0 Å². The fourth-order valence-electron chi connectivity index (χ4n) is 1.41. The van der Waals surface area contributed by atoms with Gasteiger partial charge in [0.05, 0.1) is 5.56 Å². The molecule has 0 saturated heterocycles. The number of benzene rings is 1. The molecular weight excluding hydrogens is 258 g/mol. The number of esters is 1. The molecule has 0 fully saturated rings. The highest BCUT2D eigenvalue weighted by Gasteiger charge is 2.11. The van der Waals surface area contributed by atoms with Crippen LogP contribution in [0.2, 0.25) is 0 Å². The van der Waals surface area contributed by atoms with Gasteiger partial charge in [0.2, 0.25) is 0 Å². The average molecular weight is 269 g/mol. The summed E-state index contributed by atoms with van der Waals surface area (Å²) >= 11 is 0. The summed E-state index contributed by atoms with van der Waals surface area (Å²) in [6.07, 6.45) is 2.85. The first kappa shape index (κ1) is 13.4. The molecule has 0 saturated carbocycles. The van der Waals surface area contributed by atoms with Crippen molar-refractivity contribution >= 4 is 17.9 Å². The van der Waals surface area contributed by atoms with Crippen molar-refractivity contribution < 1.29 is 14.3 Å². The predicted octanol–water partition coefficient (Wildman–Crippen LogP) is 1.39. The lowest BCUT2D eigenvalue weighted by Crippen LogP contribution is -2.22. The van der Waals surface area contributed by atoms with E-state index in [0.29, 0.717) is 5.56 Å². The maximum atomic E-state index is 11.7. The summed E-state index contributed by atoms with van der Waals surface area (Å²) in [5.41, 5.74) is 5.99. The normalized spacial score (nSPS) is 10.9. The van der Waals surface area contributed by atoms with Gasteiger partial charge in [0.15, 0.2) is 0 Å². The van der Waals surface area contributed by atoms with E-state index in [4.69, 9.17) is 10.5 Å². The van der Waals surface area contributed by atoms with Crippen LogP contribution in [0, 0.1) is 0 Å². The topological polar surface area (TPSA) is 94.6 Å². The molecular formula is C14H11N3O3. The van der Waals surface area contributed by atoms with Crippen molar-refractivity contribution in [2.24, 2.45) is 10.7 Å². The molecule has 20 heavy (non-hydrogen) atoms. The number of nitrogens with two attached hydrogens (primary N) is 1. The zero-order valence-corrected chi connectivity index (χ0v) is 10.4. The molecule has 2 rings (SSSR count). The van der Waals surface area contributed by atoms with E-state index in [-0.39, 0.29) is 5.56 Å². The Morgan fingerprint density at radius 3 is 2.40 bits per heavy atom. The first-order valence-electron chi connectivity index (χ1n) is 5.72. The Morgan fingerprint density at radius 1 is 1.05 bits per heavy atom. The highest BCUT2D eigenvalue weighted by molar-refractivity contribution is 6.04. The molecule has 0 atom stereocenters. The number of rotatable bonds is 2. The van der Waals surface area contributed by atoms with E-state index in [1.165, 1.54) is 18.5 Å². The van der Waals surface area contributed by atoms with Crippen LogP contribution < -0.4 is 5.73 Å². The maximum absolute atomic E-state index is 11.7. The van der Waals surface area contributed by atoms with Gasteiger partial charge >= 0.3 is 5.97 Å². The van der Waals surface area contributed by atoms with E-state index < -0.39 is 17.9 Å². The van der Waals surface area contributed by atoms with Gasteiger partial charge in [0, 0.05) is 18.0 Å². The SMILES string of the molecule is NC(=NC(=O)c1ccccc1)OC(=O)c1cccnc1. The molecule has 2 aromatic rings. The predicted molar refractivity (Wildman–Crippen MR) is 72.0 cm³/mol. The number of amidine groups is 1. The molecule has 1 amide bonds. The number of nitrogens with zero attached hydrogens (tertiary/aromatic N) is 2. The van der Waals surface area contributed by atoms with Crippen LogP contribution in [0.4, 0.5) is 0 Å². The number of pyridine rings is 1. The monoisotopic (exact) mass is 269 g/mol. The summed E-state index contributed by atoms with van der Waals surface area (Å²) in [6.45, 7) is 0. The molecule has 1 aromatic heterocycles. The second kappa shape index (κ2) is 6.24. The number of amides is 1. The van der Waals surface area contributed by atoms with Gasteiger partial charge in [-0.15, -0.1) is 0 Å². The van der Waals surface area contributed by atoms with Crippen molar-refractivity contribution in [3.63, 3.8) is 0 Å². The van der Waals surface area contributed by atoms with Crippen LogP contribution in [-0.4, -0.2) is 22.9 Å². The standard InChI is InChI=1S/C14H11N3O3/c15-14(17-12(18)10-5-2-1-3-6-10)20-13(19)11-7-4-8-16-9-11/h1-9H,(H2,15,17,18). The Hall–Kier alpha value is -3.02. The molecule has 0 unspecified atom stereocenters. The third kappa shape index (κ3) is 3.49. The minimum absolute atomic E-state index is 0.220. The molecule has 100 valence electrons. The zero-order valence-electron chi connectivity index (χ0n) is 10.4. The molecule has 6 nitrogen and oxygen atoms in total. The summed E-state index contributed by atoms with van der Waals surface area (Å²) in [6, 6.07) is 10.9. The third-order valence-corrected chi connectivity index (χ3v) is 2.33. The molecule has 0 radical (unpaired) electrons. The number of hydrogen-bond donors (Lipinski definition) is 1.